The highest BCUT2D eigenvalue weighted by atomic mass is 35.5. The molecule has 0 bridgehead atoms. The van der Waals surface area contributed by atoms with Crippen LogP contribution in [0.2, 0.25) is 4.34 Å². The maximum Gasteiger partial charge on any atom is 0.123 e. The first-order valence-corrected chi connectivity index (χ1v) is 5.00. The molecule has 2 rings (SSSR count). The SMILES string of the molecule is Clc1ccc(CNc2cnc[nH]2)s1. The van der Waals surface area contributed by atoms with E-state index >= 15 is 0 Å². The molecule has 0 aliphatic carbocycles. The van der Waals surface area contributed by atoms with Gasteiger partial charge in [-0.2, -0.15) is 0 Å². The summed E-state index contributed by atoms with van der Waals surface area (Å²) in [6.45, 7) is 0.777. The van der Waals surface area contributed by atoms with E-state index in [0.29, 0.717) is 0 Å². The van der Waals surface area contributed by atoms with Gasteiger partial charge in [-0.1, -0.05) is 11.6 Å². The molecule has 5 heteroatoms. The molecule has 0 radical (unpaired) electrons. The van der Waals surface area contributed by atoms with Crippen molar-refractivity contribution in [1.82, 2.24) is 9.97 Å². The molecule has 0 aromatic carbocycles. The van der Waals surface area contributed by atoms with E-state index in [0.717, 1.165) is 16.7 Å². The van der Waals surface area contributed by atoms with Crippen LogP contribution in [0.1, 0.15) is 4.88 Å². The lowest BCUT2D eigenvalue weighted by Crippen LogP contribution is -1.96. The molecule has 0 aliphatic heterocycles. The monoisotopic (exact) mass is 213 g/mol. The van der Waals surface area contributed by atoms with E-state index in [1.165, 1.54) is 4.88 Å². The quantitative estimate of drug-likeness (QED) is 0.823. The Balaban J connectivity index is 1.93. The second-order valence-corrected chi connectivity index (χ2v) is 4.32. The van der Waals surface area contributed by atoms with Gasteiger partial charge < -0.3 is 10.3 Å². The minimum Gasteiger partial charge on any atom is -0.365 e. The average Bonchev–Trinajstić information content (AvgIpc) is 2.71. The molecule has 0 saturated heterocycles. The van der Waals surface area contributed by atoms with Gasteiger partial charge in [-0.05, 0) is 12.1 Å². The van der Waals surface area contributed by atoms with Crippen molar-refractivity contribution in [3.63, 3.8) is 0 Å². The molecule has 13 heavy (non-hydrogen) atoms. The molecular formula is C8H8ClN3S. The highest BCUT2D eigenvalue weighted by Gasteiger charge is 1.97. The summed E-state index contributed by atoms with van der Waals surface area (Å²) in [6, 6.07) is 3.91. The number of anilines is 1. The lowest BCUT2D eigenvalue weighted by atomic mass is 10.4. The van der Waals surface area contributed by atoms with Crippen LogP contribution in [-0.2, 0) is 6.54 Å². The Bertz CT molecular complexity index is 368. The van der Waals surface area contributed by atoms with Crippen LogP contribution < -0.4 is 5.32 Å². The number of aromatic nitrogens is 2. The van der Waals surface area contributed by atoms with E-state index in [1.54, 1.807) is 23.9 Å². The van der Waals surface area contributed by atoms with Gasteiger partial charge in [0.2, 0.25) is 0 Å². The van der Waals surface area contributed by atoms with Crippen LogP contribution >= 0.6 is 22.9 Å². The Morgan fingerprint density at radius 3 is 3.08 bits per heavy atom. The third-order valence-electron chi connectivity index (χ3n) is 1.58. The lowest BCUT2D eigenvalue weighted by molar-refractivity contribution is 1.16. The number of nitrogens with zero attached hydrogens (tertiary/aromatic N) is 1. The number of hydrogen-bond acceptors (Lipinski definition) is 3. The zero-order chi connectivity index (χ0) is 9.10. The van der Waals surface area contributed by atoms with Gasteiger partial charge in [0.15, 0.2) is 0 Å². The smallest absolute Gasteiger partial charge is 0.123 e. The molecule has 0 spiro atoms. The molecule has 0 atom stereocenters. The minimum absolute atomic E-state index is 0.777. The largest absolute Gasteiger partial charge is 0.365 e. The molecular weight excluding hydrogens is 206 g/mol. The molecule has 0 saturated carbocycles. The van der Waals surface area contributed by atoms with Crippen LogP contribution in [0.4, 0.5) is 5.82 Å². The van der Waals surface area contributed by atoms with Crippen LogP contribution in [-0.4, -0.2) is 9.97 Å². The third kappa shape index (κ3) is 2.23. The van der Waals surface area contributed by atoms with Crippen LogP contribution in [0.25, 0.3) is 0 Å². The van der Waals surface area contributed by atoms with E-state index in [9.17, 15) is 0 Å². The summed E-state index contributed by atoms with van der Waals surface area (Å²) in [7, 11) is 0. The Morgan fingerprint density at radius 2 is 2.46 bits per heavy atom. The third-order valence-corrected chi connectivity index (χ3v) is 2.81. The van der Waals surface area contributed by atoms with Gasteiger partial charge in [-0.15, -0.1) is 11.3 Å². The number of hydrogen-bond donors (Lipinski definition) is 2. The number of rotatable bonds is 3. The summed E-state index contributed by atoms with van der Waals surface area (Å²) in [4.78, 5) is 8.07. The van der Waals surface area contributed by atoms with Crippen molar-refractivity contribution in [3.8, 4) is 0 Å². The van der Waals surface area contributed by atoms with E-state index in [2.05, 4.69) is 15.3 Å². The molecule has 2 aromatic rings. The van der Waals surface area contributed by atoms with Gasteiger partial charge in [-0.25, -0.2) is 4.98 Å². The van der Waals surface area contributed by atoms with Crippen molar-refractivity contribution in [3.05, 3.63) is 33.9 Å². The van der Waals surface area contributed by atoms with Crippen molar-refractivity contribution in [1.29, 1.82) is 0 Å². The fourth-order valence-corrected chi connectivity index (χ4v) is 2.01. The van der Waals surface area contributed by atoms with E-state index in [-0.39, 0.29) is 0 Å². The Labute approximate surface area is 84.8 Å². The summed E-state index contributed by atoms with van der Waals surface area (Å²) in [5.41, 5.74) is 0. The zero-order valence-corrected chi connectivity index (χ0v) is 8.32. The Kier molecular flexibility index (Phi) is 2.52. The van der Waals surface area contributed by atoms with Crippen LogP contribution in [0.3, 0.4) is 0 Å². The topological polar surface area (TPSA) is 40.7 Å². The van der Waals surface area contributed by atoms with Crippen molar-refractivity contribution in [2.45, 2.75) is 6.54 Å². The van der Waals surface area contributed by atoms with Crippen molar-refractivity contribution in [2.75, 3.05) is 5.32 Å². The Morgan fingerprint density at radius 1 is 1.54 bits per heavy atom. The fourth-order valence-electron chi connectivity index (χ4n) is 0.982. The molecule has 2 aromatic heterocycles. The molecule has 2 N–H and O–H groups in total. The highest BCUT2D eigenvalue weighted by molar-refractivity contribution is 7.16. The standard InChI is InChI=1S/C8H8ClN3S/c9-7-2-1-6(13-7)3-11-8-4-10-5-12-8/h1-2,4-5,11H,3H2,(H,10,12). The number of thiophene rings is 1. The number of H-pyrrole nitrogens is 1. The maximum absolute atomic E-state index is 5.79. The second kappa shape index (κ2) is 3.81. The average molecular weight is 214 g/mol. The van der Waals surface area contributed by atoms with Gasteiger partial charge in [0, 0.05) is 4.88 Å². The summed E-state index contributed by atoms with van der Waals surface area (Å²) in [5, 5.41) is 3.19. The summed E-state index contributed by atoms with van der Waals surface area (Å²) < 4.78 is 0.821. The van der Waals surface area contributed by atoms with E-state index in [1.807, 2.05) is 12.1 Å². The van der Waals surface area contributed by atoms with Crippen LogP contribution in [0.15, 0.2) is 24.7 Å². The molecule has 68 valence electrons. The maximum atomic E-state index is 5.79. The highest BCUT2D eigenvalue weighted by Crippen LogP contribution is 2.21. The summed E-state index contributed by atoms with van der Waals surface area (Å²) >= 11 is 7.37. The lowest BCUT2D eigenvalue weighted by Gasteiger charge is -1.99. The molecule has 0 unspecified atom stereocenters. The summed E-state index contributed by atoms with van der Waals surface area (Å²) in [6.07, 6.45) is 3.39. The summed E-state index contributed by atoms with van der Waals surface area (Å²) in [5.74, 6) is 0.921. The number of imidazole rings is 1. The predicted octanol–water partition coefficient (Wildman–Crippen LogP) is 2.74. The van der Waals surface area contributed by atoms with E-state index in [4.69, 9.17) is 11.6 Å². The molecule has 0 amide bonds. The second-order valence-electron chi connectivity index (χ2n) is 2.52. The van der Waals surface area contributed by atoms with Gasteiger partial charge in [0.25, 0.3) is 0 Å². The van der Waals surface area contributed by atoms with Crippen molar-refractivity contribution < 1.29 is 0 Å². The molecule has 0 aliphatic rings. The fraction of sp³-hybridized carbons (Fsp3) is 0.125. The molecule has 0 fully saturated rings. The number of halogens is 1. The molecule has 2 heterocycles. The first-order valence-electron chi connectivity index (χ1n) is 3.81. The Hall–Kier alpha value is -1.00. The van der Waals surface area contributed by atoms with Gasteiger partial charge in [0.05, 0.1) is 23.4 Å². The van der Waals surface area contributed by atoms with Gasteiger partial charge >= 0.3 is 0 Å². The minimum atomic E-state index is 0.777. The first kappa shape index (κ1) is 8.59. The number of nitrogens with one attached hydrogen (secondary N) is 2. The molecule has 3 nitrogen and oxygen atoms in total. The van der Waals surface area contributed by atoms with Gasteiger partial charge in [-0.3, -0.25) is 0 Å². The first-order chi connectivity index (χ1) is 6.34. The van der Waals surface area contributed by atoms with Crippen molar-refractivity contribution in [2.24, 2.45) is 0 Å². The van der Waals surface area contributed by atoms with E-state index < -0.39 is 0 Å². The van der Waals surface area contributed by atoms with Crippen LogP contribution in [0, 0.1) is 0 Å². The number of aromatic amines is 1. The van der Waals surface area contributed by atoms with Crippen molar-refractivity contribution >= 4 is 28.8 Å². The normalized spacial score (nSPS) is 10.2. The van der Waals surface area contributed by atoms with Crippen LogP contribution in [0.5, 0.6) is 0 Å². The van der Waals surface area contributed by atoms with Gasteiger partial charge in [0.1, 0.15) is 5.82 Å². The zero-order valence-electron chi connectivity index (χ0n) is 6.75. The predicted molar refractivity (Wildman–Crippen MR) is 55.2 cm³/mol.